The predicted octanol–water partition coefficient (Wildman–Crippen LogP) is 2.74. The zero-order chi connectivity index (χ0) is 16.5. The van der Waals surface area contributed by atoms with Crippen molar-refractivity contribution in [2.24, 2.45) is 0 Å². The van der Waals surface area contributed by atoms with Gasteiger partial charge in [0.05, 0.1) is 6.21 Å². The molecule has 0 unspecified atom stereocenters. The minimum absolute atomic E-state index is 0.128. The van der Waals surface area contributed by atoms with Gasteiger partial charge in [-0.3, -0.25) is 4.79 Å². The van der Waals surface area contributed by atoms with Crippen molar-refractivity contribution >= 4 is 18.1 Å². The molecule has 0 bridgehead atoms. The van der Waals surface area contributed by atoms with Crippen molar-refractivity contribution in [1.29, 1.82) is 5.41 Å². The van der Waals surface area contributed by atoms with Gasteiger partial charge < -0.3 is 15.5 Å². The Morgan fingerprint density at radius 3 is 2.13 bits per heavy atom. The van der Waals surface area contributed by atoms with E-state index in [4.69, 9.17) is 10.1 Å². The number of alkyl carbamates (subject to hydrolysis) is 1. The maximum Gasteiger partial charge on any atom is 0.408 e. The number of rotatable bonds is 7. The summed E-state index contributed by atoms with van der Waals surface area (Å²) in [6.07, 6.45) is 0.352. The normalized spacial score (nSPS) is 11.3. The van der Waals surface area contributed by atoms with E-state index in [2.05, 4.69) is 5.32 Å². The van der Waals surface area contributed by atoms with Crippen molar-refractivity contribution in [3.05, 3.63) is 71.8 Å². The average molecular weight is 310 g/mol. The molecular formula is C18H18N2O3. The van der Waals surface area contributed by atoms with E-state index < -0.39 is 17.9 Å². The van der Waals surface area contributed by atoms with Crippen molar-refractivity contribution in [3.63, 3.8) is 0 Å². The van der Waals surface area contributed by atoms with Crippen LogP contribution in [0, 0.1) is 5.41 Å². The van der Waals surface area contributed by atoms with Crippen LogP contribution < -0.4 is 5.32 Å². The molecule has 5 nitrogen and oxygen atoms in total. The molecule has 0 aliphatic carbocycles. The van der Waals surface area contributed by atoms with Crippen LogP contribution in [-0.4, -0.2) is 24.1 Å². The fourth-order valence-corrected chi connectivity index (χ4v) is 2.08. The van der Waals surface area contributed by atoms with Crippen molar-refractivity contribution < 1.29 is 14.3 Å². The molecule has 1 amide bonds. The van der Waals surface area contributed by atoms with Gasteiger partial charge in [0.1, 0.15) is 12.6 Å². The number of carbonyl (C=O) groups excluding carboxylic acids is 2. The average Bonchev–Trinajstić information content (AvgIpc) is 2.60. The highest BCUT2D eigenvalue weighted by molar-refractivity contribution is 6.29. The van der Waals surface area contributed by atoms with Crippen molar-refractivity contribution in [3.8, 4) is 0 Å². The van der Waals surface area contributed by atoms with E-state index in [1.807, 2.05) is 60.7 Å². The molecule has 0 aliphatic heterocycles. The number of hydrogen-bond acceptors (Lipinski definition) is 4. The summed E-state index contributed by atoms with van der Waals surface area (Å²) in [6, 6.07) is 17.8. The smallest absolute Gasteiger partial charge is 0.408 e. The van der Waals surface area contributed by atoms with Gasteiger partial charge in [-0.05, 0) is 11.1 Å². The molecular weight excluding hydrogens is 292 g/mol. The van der Waals surface area contributed by atoms with Gasteiger partial charge in [0.15, 0.2) is 5.78 Å². The Balaban J connectivity index is 1.93. The van der Waals surface area contributed by atoms with Gasteiger partial charge in [-0.25, -0.2) is 4.79 Å². The molecule has 2 N–H and O–H groups in total. The molecule has 5 heteroatoms. The largest absolute Gasteiger partial charge is 0.445 e. The van der Waals surface area contributed by atoms with Crippen molar-refractivity contribution in [2.45, 2.75) is 19.1 Å². The van der Waals surface area contributed by atoms with Crippen LogP contribution in [-0.2, 0) is 22.6 Å². The number of amides is 1. The number of ketones is 1. The first kappa shape index (κ1) is 16.4. The molecule has 23 heavy (non-hydrogen) atoms. The molecule has 0 spiro atoms. The minimum atomic E-state index is -0.807. The fourth-order valence-electron chi connectivity index (χ4n) is 2.08. The lowest BCUT2D eigenvalue weighted by Gasteiger charge is -2.16. The Morgan fingerprint density at radius 2 is 1.57 bits per heavy atom. The van der Waals surface area contributed by atoms with E-state index in [1.165, 1.54) is 0 Å². The zero-order valence-corrected chi connectivity index (χ0v) is 12.6. The van der Waals surface area contributed by atoms with Crippen LogP contribution in [0.25, 0.3) is 0 Å². The Bertz CT molecular complexity index is 656. The Labute approximate surface area is 134 Å². The van der Waals surface area contributed by atoms with Crippen LogP contribution in [0.5, 0.6) is 0 Å². The lowest BCUT2D eigenvalue weighted by Crippen LogP contribution is -2.43. The summed E-state index contributed by atoms with van der Waals surface area (Å²) in [5.74, 6) is -0.467. The van der Waals surface area contributed by atoms with Crippen LogP contribution in [0.15, 0.2) is 60.7 Å². The molecule has 0 fully saturated rings. The molecule has 0 saturated carbocycles. The van der Waals surface area contributed by atoms with E-state index in [0.29, 0.717) is 12.6 Å². The highest BCUT2D eigenvalue weighted by Crippen LogP contribution is 2.05. The highest BCUT2D eigenvalue weighted by atomic mass is 16.5. The lowest BCUT2D eigenvalue weighted by atomic mass is 10.0. The fraction of sp³-hybridized carbons (Fsp3) is 0.167. The Hall–Kier alpha value is -2.95. The third kappa shape index (κ3) is 5.39. The molecule has 0 radical (unpaired) electrons. The molecule has 0 saturated heterocycles. The van der Waals surface area contributed by atoms with Crippen LogP contribution in [0.3, 0.4) is 0 Å². The second-order valence-electron chi connectivity index (χ2n) is 5.00. The van der Waals surface area contributed by atoms with Gasteiger partial charge in [0.25, 0.3) is 0 Å². The van der Waals surface area contributed by atoms with Gasteiger partial charge in [0, 0.05) is 6.42 Å². The first-order valence-corrected chi connectivity index (χ1v) is 7.24. The van der Waals surface area contributed by atoms with Crippen molar-refractivity contribution in [1.82, 2.24) is 5.32 Å². The topological polar surface area (TPSA) is 79.3 Å². The summed E-state index contributed by atoms with van der Waals surface area (Å²) < 4.78 is 5.11. The Morgan fingerprint density at radius 1 is 1.00 bits per heavy atom. The van der Waals surface area contributed by atoms with Gasteiger partial charge >= 0.3 is 6.09 Å². The lowest BCUT2D eigenvalue weighted by molar-refractivity contribution is -0.114. The molecule has 1 atom stereocenters. The summed E-state index contributed by atoms with van der Waals surface area (Å²) in [6.45, 7) is 0.128. The van der Waals surface area contributed by atoms with E-state index in [0.717, 1.165) is 11.1 Å². The van der Waals surface area contributed by atoms with Gasteiger partial charge in [-0.1, -0.05) is 60.7 Å². The van der Waals surface area contributed by atoms with E-state index >= 15 is 0 Å². The Kier molecular flexibility index (Phi) is 6.06. The molecule has 2 rings (SSSR count). The SMILES string of the molecule is N=CC(=O)[C@@H](Cc1ccccc1)NC(=O)OCc1ccccc1. The first-order chi connectivity index (χ1) is 11.2. The van der Waals surface area contributed by atoms with Crippen LogP contribution >= 0.6 is 0 Å². The number of Topliss-reactive ketones (excluding diaryl/α,β-unsaturated/α-hetero) is 1. The summed E-state index contributed by atoms with van der Waals surface area (Å²) in [7, 11) is 0. The van der Waals surface area contributed by atoms with Gasteiger partial charge in [-0.2, -0.15) is 0 Å². The third-order valence-electron chi connectivity index (χ3n) is 3.27. The molecule has 2 aromatic rings. The van der Waals surface area contributed by atoms with E-state index in [9.17, 15) is 9.59 Å². The first-order valence-electron chi connectivity index (χ1n) is 7.24. The summed E-state index contributed by atoms with van der Waals surface area (Å²) >= 11 is 0. The predicted molar refractivity (Wildman–Crippen MR) is 87.5 cm³/mol. The number of carbonyl (C=O) groups is 2. The maximum absolute atomic E-state index is 11.9. The second kappa shape index (κ2) is 8.48. The molecule has 0 heterocycles. The standard InChI is InChI=1S/C18H18N2O3/c19-12-17(21)16(11-14-7-3-1-4-8-14)20-18(22)23-13-15-9-5-2-6-10-15/h1-10,12,16,19H,11,13H2,(H,20,22)/t16-/m1/s1. The molecule has 2 aromatic carbocycles. The third-order valence-corrected chi connectivity index (χ3v) is 3.27. The van der Waals surface area contributed by atoms with E-state index in [1.54, 1.807) is 0 Å². The van der Waals surface area contributed by atoms with Crippen LogP contribution in [0.2, 0.25) is 0 Å². The monoisotopic (exact) mass is 310 g/mol. The zero-order valence-electron chi connectivity index (χ0n) is 12.6. The van der Waals surface area contributed by atoms with Gasteiger partial charge in [0.2, 0.25) is 0 Å². The van der Waals surface area contributed by atoms with Crippen LogP contribution in [0.1, 0.15) is 11.1 Å². The van der Waals surface area contributed by atoms with Crippen LogP contribution in [0.4, 0.5) is 4.79 Å². The minimum Gasteiger partial charge on any atom is -0.445 e. The quantitative estimate of drug-likeness (QED) is 0.772. The highest BCUT2D eigenvalue weighted by Gasteiger charge is 2.20. The maximum atomic E-state index is 11.9. The summed E-state index contributed by atoms with van der Waals surface area (Å²) in [4.78, 5) is 23.7. The molecule has 0 aliphatic rings. The summed E-state index contributed by atoms with van der Waals surface area (Å²) in [5.41, 5.74) is 1.76. The number of benzene rings is 2. The second-order valence-corrected chi connectivity index (χ2v) is 5.00. The number of ether oxygens (including phenoxy) is 1. The number of nitrogens with one attached hydrogen (secondary N) is 2. The summed E-state index contributed by atoms with van der Waals surface area (Å²) in [5, 5.41) is 9.64. The van der Waals surface area contributed by atoms with Crippen molar-refractivity contribution in [2.75, 3.05) is 0 Å². The molecule has 118 valence electrons. The molecule has 0 aromatic heterocycles. The van der Waals surface area contributed by atoms with E-state index in [-0.39, 0.29) is 6.61 Å². The van der Waals surface area contributed by atoms with Gasteiger partial charge in [-0.15, -0.1) is 0 Å². The number of hydrogen-bond donors (Lipinski definition) is 2.